The zero-order chi connectivity index (χ0) is 18.4. The van der Waals surface area contributed by atoms with E-state index in [1.807, 2.05) is 6.92 Å². The number of nitrogens with zero attached hydrogens (tertiary/aromatic N) is 2. The number of para-hydroxylation sites is 1. The van der Waals surface area contributed by atoms with Crippen LogP contribution in [0.1, 0.15) is 11.1 Å². The number of phenolic OH excluding ortho intramolecular Hbond substituents is 1. The minimum Gasteiger partial charge on any atom is -0.507 e. The summed E-state index contributed by atoms with van der Waals surface area (Å²) >= 11 is 0. The van der Waals surface area contributed by atoms with Gasteiger partial charge >= 0.3 is 0 Å². The lowest BCUT2D eigenvalue weighted by Crippen LogP contribution is -2.36. The van der Waals surface area contributed by atoms with Crippen LogP contribution in [0.15, 0.2) is 58.5 Å². The Morgan fingerprint density at radius 3 is 2.48 bits per heavy atom. The summed E-state index contributed by atoms with van der Waals surface area (Å²) in [6.45, 7) is 1.48. The number of hydrogen-bond acceptors (Lipinski definition) is 5. The molecule has 0 bridgehead atoms. The molecule has 0 aliphatic carbocycles. The van der Waals surface area contributed by atoms with Crippen molar-refractivity contribution in [2.24, 2.45) is 5.10 Å². The summed E-state index contributed by atoms with van der Waals surface area (Å²) in [5, 5.41) is 13.3. The number of sulfonamides is 1. The maximum absolute atomic E-state index is 12.4. The molecule has 0 spiro atoms. The number of benzene rings is 2. The number of likely N-dealkylation sites (N-methyl/N-ethyl adjacent to an activating group) is 1. The van der Waals surface area contributed by atoms with Gasteiger partial charge in [0.05, 0.1) is 17.7 Å². The summed E-state index contributed by atoms with van der Waals surface area (Å²) in [7, 11) is -2.43. The molecule has 0 fully saturated rings. The Bertz CT molecular complexity index is 877. The molecule has 7 nitrogen and oxygen atoms in total. The number of hydrogen-bond donors (Lipinski definition) is 2. The fraction of sp³-hybridized carbons (Fsp3) is 0.176. The summed E-state index contributed by atoms with van der Waals surface area (Å²) in [5.74, 6) is -0.565. The Kier molecular flexibility index (Phi) is 5.89. The Morgan fingerprint density at radius 1 is 1.20 bits per heavy atom. The highest BCUT2D eigenvalue weighted by Crippen LogP contribution is 2.15. The van der Waals surface area contributed by atoms with Crippen molar-refractivity contribution in [3.05, 3.63) is 59.7 Å². The Labute approximate surface area is 146 Å². The number of hydrazone groups is 1. The lowest BCUT2D eigenvalue weighted by molar-refractivity contribution is -0.121. The average molecular weight is 361 g/mol. The number of rotatable bonds is 6. The molecule has 25 heavy (non-hydrogen) atoms. The van der Waals surface area contributed by atoms with Gasteiger partial charge in [0.25, 0.3) is 5.91 Å². The van der Waals surface area contributed by atoms with E-state index in [-0.39, 0.29) is 17.2 Å². The molecule has 0 unspecified atom stereocenters. The van der Waals surface area contributed by atoms with Crippen LogP contribution in [-0.4, -0.2) is 43.5 Å². The number of carbonyl (C=O) groups is 1. The molecule has 2 rings (SSSR count). The van der Waals surface area contributed by atoms with E-state index in [1.165, 1.54) is 31.5 Å². The molecule has 0 saturated carbocycles. The summed E-state index contributed by atoms with van der Waals surface area (Å²) in [4.78, 5) is 12.0. The fourth-order valence-corrected chi connectivity index (χ4v) is 3.11. The van der Waals surface area contributed by atoms with E-state index in [4.69, 9.17) is 0 Å². The van der Waals surface area contributed by atoms with Gasteiger partial charge in [-0.15, -0.1) is 0 Å². The minimum atomic E-state index is -3.75. The van der Waals surface area contributed by atoms with E-state index < -0.39 is 15.9 Å². The van der Waals surface area contributed by atoms with E-state index in [2.05, 4.69) is 10.5 Å². The smallest absolute Gasteiger partial charge is 0.255 e. The highest BCUT2D eigenvalue weighted by molar-refractivity contribution is 7.89. The van der Waals surface area contributed by atoms with E-state index in [0.717, 1.165) is 9.87 Å². The van der Waals surface area contributed by atoms with Gasteiger partial charge in [-0.2, -0.15) is 9.41 Å². The zero-order valence-corrected chi connectivity index (χ0v) is 14.7. The molecule has 0 atom stereocenters. The summed E-state index contributed by atoms with van der Waals surface area (Å²) in [6.07, 6.45) is 1.28. The average Bonchev–Trinajstić information content (AvgIpc) is 2.57. The topological polar surface area (TPSA) is 99.1 Å². The lowest BCUT2D eigenvalue weighted by Gasteiger charge is -2.16. The molecule has 132 valence electrons. The maximum atomic E-state index is 12.4. The molecule has 2 aromatic carbocycles. The van der Waals surface area contributed by atoms with Crippen LogP contribution in [0.25, 0.3) is 0 Å². The van der Waals surface area contributed by atoms with Gasteiger partial charge in [0.1, 0.15) is 5.75 Å². The second-order valence-electron chi connectivity index (χ2n) is 5.43. The van der Waals surface area contributed by atoms with Gasteiger partial charge in [-0.3, -0.25) is 4.79 Å². The number of phenols is 1. The molecule has 0 saturated heterocycles. The minimum absolute atomic E-state index is 0.0274. The Hall–Kier alpha value is -2.71. The van der Waals surface area contributed by atoms with Crippen LogP contribution >= 0.6 is 0 Å². The first-order chi connectivity index (χ1) is 11.8. The van der Waals surface area contributed by atoms with Crippen LogP contribution in [0, 0.1) is 6.92 Å². The first kappa shape index (κ1) is 18.6. The van der Waals surface area contributed by atoms with Crippen molar-refractivity contribution in [2.75, 3.05) is 13.6 Å². The highest BCUT2D eigenvalue weighted by atomic mass is 32.2. The molecule has 2 N–H and O–H groups in total. The molecule has 0 aromatic heterocycles. The van der Waals surface area contributed by atoms with Gasteiger partial charge in [-0.25, -0.2) is 13.8 Å². The fourth-order valence-electron chi connectivity index (χ4n) is 1.98. The number of carbonyl (C=O) groups excluding carboxylic acids is 1. The predicted octanol–water partition coefficient (Wildman–Crippen LogP) is 1.47. The van der Waals surface area contributed by atoms with Gasteiger partial charge in [-0.1, -0.05) is 29.8 Å². The first-order valence-electron chi connectivity index (χ1n) is 7.43. The van der Waals surface area contributed by atoms with Crippen LogP contribution in [0.3, 0.4) is 0 Å². The van der Waals surface area contributed by atoms with Gasteiger partial charge in [0.15, 0.2) is 0 Å². The zero-order valence-electron chi connectivity index (χ0n) is 13.9. The van der Waals surface area contributed by atoms with Crippen LogP contribution in [0.5, 0.6) is 5.75 Å². The van der Waals surface area contributed by atoms with Gasteiger partial charge in [0.2, 0.25) is 10.0 Å². The van der Waals surface area contributed by atoms with Gasteiger partial charge < -0.3 is 5.11 Å². The van der Waals surface area contributed by atoms with Crippen LogP contribution in [0.4, 0.5) is 0 Å². The van der Waals surface area contributed by atoms with Crippen LogP contribution < -0.4 is 5.43 Å². The van der Waals surface area contributed by atoms with E-state index >= 15 is 0 Å². The molecular weight excluding hydrogens is 342 g/mol. The quantitative estimate of drug-likeness (QED) is 0.601. The van der Waals surface area contributed by atoms with Crippen LogP contribution in [-0.2, 0) is 14.8 Å². The van der Waals surface area contributed by atoms with E-state index in [0.29, 0.717) is 5.56 Å². The molecule has 0 aliphatic heterocycles. The first-order valence-corrected chi connectivity index (χ1v) is 8.87. The van der Waals surface area contributed by atoms with E-state index in [9.17, 15) is 18.3 Å². The van der Waals surface area contributed by atoms with Crippen molar-refractivity contribution in [1.29, 1.82) is 0 Å². The molecule has 1 amide bonds. The number of nitrogens with one attached hydrogen (secondary N) is 1. The third kappa shape index (κ3) is 4.88. The van der Waals surface area contributed by atoms with Crippen molar-refractivity contribution in [3.63, 3.8) is 0 Å². The number of amides is 1. The molecule has 8 heteroatoms. The van der Waals surface area contributed by atoms with Crippen molar-refractivity contribution >= 4 is 22.1 Å². The second-order valence-corrected chi connectivity index (χ2v) is 7.47. The molecule has 0 aliphatic rings. The molecular formula is C17H19N3O4S. The largest absolute Gasteiger partial charge is 0.507 e. The summed E-state index contributed by atoms with van der Waals surface area (Å²) in [6, 6.07) is 12.9. The highest BCUT2D eigenvalue weighted by Gasteiger charge is 2.22. The third-order valence-electron chi connectivity index (χ3n) is 3.43. The summed E-state index contributed by atoms with van der Waals surface area (Å²) < 4.78 is 25.7. The molecule has 2 aromatic rings. The molecule has 0 heterocycles. The van der Waals surface area contributed by atoms with Crippen molar-refractivity contribution in [2.45, 2.75) is 11.8 Å². The molecule has 0 radical (unpaired) electrons. The van der Waals surface area contributed by atoms with Crippen molar-refractivity contribution < 1.29 is 18.3 Å². The number of aryl methyl sites for hydroxylation is 1. The van der Waals surface area contributed by atoms with E-state index in [1.54, 1.807) is 30.3 Å². The Morgan fingerprint density at radius 2 is 1.84 bits per heavy atom. The van der Waals surface area contributed by atoms with Gasteiger partial charge in [0, 0.05) is 12.6 Å². The Balaban J connectivity index is 1.97. The third-order valence-corrected chi connectivity index (χ3v) is 5.24. The monoisotopic (exact) mass is 361 g/mol. The van der Waals surface area contributed by atoms with Crippen LogP contribution in [0.2, 0.25) is 0 Å². The van der Waals surface area contributed by atoms with Crippen molar-refractivity contribution in [3.8, 4) is 5.75 Å². The number of aromatic hydroxyl groups is 1. The standard InChI is InChI=1S/C17H19N3O4S/c1-13-7-9-15(10-8-13)25(23,24)20(2)12-17(22)19-18-11-14-5-3-4-6-16(14)21/h3-11,21H,12H2,1-2H3,(H,19,22)/b18-11+. The van der Waals surface area contributed by atoms with Gasteiger partial charge in [-0.05, 0) is 31.2 Å². The second kappa shape index (κ2) is 7.91. The SMILES string of the molecule is Cc1ccc(S(=O)(=O)N(C)CC(=O)N/N=C/c2ccccc2O)cc1. The lowest BCUT2D eigenvalue weighted by atomic mass is 10.2. The normalized spacial score (nSPS) is 11.8. The predicted molar refractivity (Wildman–Crippen MR) is 94.8 cm³/mol. The maximum Gasteiger partial charge on any atom is 0.255 e. The van der Waals surface area contributed by atoms with Crippen molar-refractivity contribution in [1.82, 2.24) is 9.73 Å². The summed E-state index contributed by atoms with van der Waals surface area (Å²) in [5.41, 5.74) is 3.61.